The molecule has 2 aromatic carbocycles. The highest BCUT2D eigenvalue weighted by atomic mass is 16.7. The average Bonchev–Trinajstić information content (AvgIpc) is 3.38. The lowest BCUT2D eigenvalue weighted by Crippen LogP contribution is -2.92. The molecule has 0 unspecified atom stereocenters. The number of carbonyl (C=O) groups excluding carboxylic acids is 1. The van der Waals surface area contributed by atoms with Crippen LogP contribution in [0.4, 0.5) is 5.69 Å². The number of nitrogens with one attached hydrogen (secondary N) is 1. The summed E-state index contributed by atoms with van der Waals surface area (Å²) in [6.45, 7) is 2.08. The van der Waals surface area contributed by atoms with E-state index in [0.29, 0.717) is 17.2 Å². The van der Waals surface area contributed by atoms with Crippen LogP contribution in [0.3, 0.4) is 0 Å². The van der Waals surface area contributed by atoms with E-state index in [1.807, 2.05) is 54.7 Å². The first-order chi connectivity index (χ1) is 13.2. The van der Waals surface area contributed by atoms with E-state index in [0.717, 1.165) is 11.3 Å². The molecule has 1 aromatic heterocycles. The van der Waals surface area contributed by atoms with Gasteiger partial charge in [0.05, 0.1) is 6.26 Å². The number of benzene rings is 2. The van der Waals surface area contributed by atoms with Crippen molar-refractivity contribution in [1.82, 2.24) is 0 Å². The number of fused-ring (bicyclic) bond motifs is 1. The molecule has 0 fully saturated rings. The lowest BCUT2D eigenvalue weighted by molar-refractivity contribution is -0.706. The molecular weight excluding hydrogens is 344 g/mol. The highest BCUT2D eigenvalue weighted by Crippen LogP contribution is 2.34. The number of hydrogen-bond donors (Lipinski definition) is 2. The molecule has 0 aliphatic carbocycles. The average molecular weight is 365 g/mol. The summed E-state index contributed by atoms with van der Waals surface area (Å²) in [4.78, 5) is 12.7. The molecule has 0 saturated carbocycles. The molecule has 2 atom stereocenters. The SMILES string of the molecule is C[C@@H]([NH2+][C@@H](c1ccccc1)c1ccco1)C(=O)Nc1ccc2c(c1)OCO2. The molecular formula is C21H21N2O4+. The maximum Gasteiger partial charge on any atom is 0.282 e. The maximum absolute atomic E-state index is 12.7. The Bertz CT molecular complexity index is 909. The van der Waals surface area contributed by atoms with Gasteiger partial charge in [0, 0.05) is 17.3 Å². The standard InChI is InChI=1S/C21H20N2O4/c1-14(21(24)23-16-9-10-17-19(12-16)27-13-26-17)22-20(18-8-5-11-25-18)15-6-3-2-4-7-15/h2-12,14,20,22H,13H2,1H3,(H,23,24)/p+1/t14-,20+/m1/s1. The van der Waals surface area contributed by atoms with Crippen molar-refractivity contribution in [3.05, 3.63) is 78.3 Å². The summed E-state index contributed by atoms with van der Waals surface area (Å²) >= 11 is 0. The van der Waals surface area contributed by atoms with Crippen LogP contribution >= 0.6 is 0 Å². The fourth-order valence-electron chi connectivity index (χ4n) is 3.11. The van der Waals surface area contributed by atoms with Crippen LogP contribution in [0.15, 0.2) is 71.3 Å². The first-order valence-electron chi connectivity index (χ1n) is 8.84. The van der Waals surface area contributed by atoms with Crippen molar-refractivity contribution in [3.63, 3.8) is 0 Å². The number of amides is 1. The Balaban J connectivity index is 1.47. The summed E-state index contributed by atoms with van der Waals surface area (Å²) in [7, 11) is 0. The minimum atomic E-state index is -0.328. The highest BCUT2D eigenvalue weighted by molar-refractivity contribution is 5.93. The summed E-state index contributed by atoms with van der Waals surface area (Å²) in [5.41, 5.74) is 1.76. The van der Waals surface area contributed by atoms with Crippen molar-refractivity contribution in [1.29, 1.82) is 0 Å². The molecule has 6 heteroatoms. The van der Waals surface area contributed by atoms with Crippen LogP contribution < -0.4 is 20.1 Å². The number of hydrogen-bond acceptors (Lipinski definition) is 4. The van der Waals surface area contributed by atoms with E-state index >= 15 is 0 Å². The van der Waals surface area contributed by atoms with Gasteiger partial charge in [-0.2, -0.15) is 0 Å². The van der Waals surface area contributed by atoms with Crippen LogP contribution in [0.5, 0.6) is 11.5 Å². The van der Waals surface area contributed by atoms with E-state index in [1.165, 1.54) is 0 Å². The van der Waals surface area contributed by atoms with Crippen LogP contribution in [0.2, 0.25) is 0 Å². The summed E-state index contributed by atoms with van der Waals surface area (Å²) in [5.74, 6) is 2.04. The second-order valence-corrected chi connectivity index (χ2v) is 6.44. The monoisotopic (exact) mass is 365 g/mol. The molecule has 4 rings (SSSR count). The lowest BCUT2D eigenvalue weighted by atomic mass is 10.0. The first kappa shape index (κ1) is 17.2. The zero-order chi connectivity index (χ0) is 18.6. The molecule has 27 heavy (non-hydrogen) atoms. The van der Waals surface area contributed by atoms with E-state index in [1.54, 1.807) is 24.5 Å². The van der Waals surface area contributed by atoms with Crippen molar-refractivity contribution in [3.8, 4) is 11.5 Å². The minimum Gasteiger partial charge on any atom is -0.463 e. The Morgan fingerprint density at radius 3 is 2.63 bits per heavy atom. The number of anilines is 1. The van der Waals surface area contributed by atoms with Gasteiger partial charge in [0.2, 0.25) is 6.79 Å². The Hall–Kier alpha value is -3.25. The fraction of sp³-hybridized carbons (Fsp3) is 0.190. The van der Waals surface area contributed by atoms with Crippen molar-refractivity contribution in [2.45, 2.75) is 19.0 Å². The van der Waals surface area contributed by atoms with E-state index in [4.69, 9.17) is 13.9 Å². The van der Waals surface area contributed by atoms with Crippen molar-refractivity contribution in [2.75, 3.05) is 12.1 Å². The van der Waals surface area contributed by atoms with Crippen molar-refractivity contribution >= 4 is 11.6 Å². The van der Waals surface area contributed by atoms with Gasteiger partial charge in [-0.15, -0.1) is 0 Å². The summed E-state index contributed by atoms with van der Waals surface area (Å²) in [6.07, 6.45) is 1.65. The molecule has 3 aromatic rings. The predicted molar refractivity (Wildman–Crippen MR) is 99.6 cm³/mol. The third-order valence-electron chi connectivity index (χ3n) is 4.54. The molecule has 0 spiro atoms. The van der Waals surface area contributed by atoms with Crippen LogP contribution in [0.25, 0.3) is 0 Å². The zero-order valence-electron chi connectivity index (χ0n) is 14.9. The molecule has 0 radical (unpaired) electrons. The third kappa shape index (κ3) is 3.80. The topological polar surface area (TPSA) is 77.3 Å². The number of ether oxygens (including phenoxy) is 2. The summed E-state index contributed by atoms with van der Waals surface area (Å²) in [6, 6.07) is 18.7. The van der Waals surface area contributed by atoms with Gasteiger partial charge in [-0.3, -0.25) is 4.79 Å². The molecule has 1 amide bonds. The number of quaternary nitrogens is 1. The maximum atomic E-state index is 12.7. The molecule has 138 valence electrons. The molecule has 2 heterocycles. The Kier molecular flexibility index (Phi) is 4.80. The van der Waals surface area contributed by atoms with E-state index in [-0.39, 0.29) is 24.8 Å². The number of rotatable bonds is 6. The highest BCUT2D eigenvalue weighted by Gasteiger charge is 2.27. The fourth-order valence-corrected chi connectivity index (χ4v) is 3.11. The summed E-state index contributed by atoms with van der Waals surface area (Å²) in [5, 5.41) is 4.93. The Morgan fingerprint density at radius 1 is 1.04 bits per heavy atom. The zero-order valence-corrected chi connectivity index (χ0v) is 14.9. The summed E-state index contributed by atoms with van der Waals surface area (Å²) < 4.78 is 16.3. The predicted octanol–water partition coefficient (Wildman–Crippen LogP) is 2.69. The van der Waals surface area contributed by atoms with Crippen LogP contribution in [-0.2, 0) is 4.79 Å². The molecule has 3 N–H and O–H groups in total. The lowest BCUT2D eigenvalue weighted by Gasteiger charge is -2.18. The van der Waals surface area contributed by atoms with Gasteiger partial charge < -0.3 is 24.5 Å². The van der Waals surface area contributed by atoms with Crippen LogP contribution in [0, 0.1) is 0 Å². The van der Waals surface area contributed by atoms with Gasteiger partial charge in [-0.1, -0.05) is 30.3 Å². The van der Waals surface area contributed by atoms with E-state index in [9.17, 15) is 4.79 Å². The third-order valence-corrected chi connectivity index (χ3v) is 4.54. The Labute approximate surface area is 157 Å². The second kappa shape index (κ2) is 7.55. The molecule has 0 saturated heterocycles. The smallest absolute Gasteiger partial charge is 0.282 e. The largest absolute Gasteiger partial charge is 0.463 e. The second-order valence-electron chi connectivity index (χ2n) is 6.44. The van der Waals surface area contributed by atoms with E-state index in [2.05, 4.69) is 5.32 Å². The minimum absolute atomic E-state index is 0.0960. The van der Waals surface area contributed by atoms with Gasteiger partial charge >= 0.3 is 0 Å². The van der Waals surface area contributed by atoms with Gasteiger partial charge in [0.1, 0.15) is 0 Å². The van der Waals surface area contributed by atoms with Gasteiger partial charge in [-0.25, -0.2) is 0 Å². The number of nitrogens with two attached hydrogens (primary N) is 1. The van der Waals surface area contributed by atoms with Gasteiger partial charge in [0.25, 0.3) is 5.91 Å². The van der Waals surface area contributed by atoms with Gasteiger partial charge in [0.15, 0.2) is 29.3 Å². The van der Waals surface area contributed by atoms with Crippen LogP contribution in [-0.4, -0.2) is 18.7 Å². The van der Waals surface area contributed by atoms with Crippen molar-refractivity contribution in [2.24, 2.45) is 0 Å². The normalized spacial score (nSPS) is 14.6. The molecule has 1 aliphatic rings. The molecule has 6 nitrogen and oxygen atoms in total. The number of furan rings is 1. The van der Waals surface area contributed by atoms with Crippen LogP contribution in [0.1, 0.15) is 24.3 Å². The number of carbonyl (C=O) groups is 1. The van der Waals surface area contributed by atoms with Crippen molar-refractivity contribution < 1.29 is 24.0 Å². The van der Waals surface area contributed by atoms with E-state index < -0.39 is 0 Å². The van der Waals surface area contributed by atoms with Gasteiger partial charge in [-0.05, 0) is 31.2 Å². The molecule has 0 bridgehead atoms. The first-order valence-corrected chi connectivity index (χ1v) is 8.84. The molecule has 1 aliphatic heterocycles. The Morgan fingerprint density at radius 2 is 1.85 bits per heavy atom. The quantitative estimate of drug-likeness (QED) is 0.704.